The van der Waals surface area contributed by atoms with Gasteiger partial charge in [-0.2, -0.15) is 0 Å². The Labute approximate surface area is 541 Å². The largest absolute Gasteiger partial charge is 0.455 e. The molecular weight excluding hydrogens is 1130 g/mol. The van der Waals surface area contributed by atoms with E-state index in [0.717, 1.165) is 72.3 Å². The molecule has 0 atom stereocenters. The molecule has 0 N–H and O–H groups in total. The molecule has 0 spiro atoms. The van der Waals surface area contributed by atoms with E-state index in [1.54, 1.807) is 0 Å². The van der Waals surface area contributed by atoms with E-state index in [9.17, 15) is 0 Å². The molecule has 12 aromatic carbocycles. The number of rotatable bonds is 4. The third-order valence-electron chi connectivity index (χ3n) is 23.5. The zero-order valence-electron chi connectivity index (χ0n) is 54.7. The lowest BCUT2D eigenvalue weighted by molar-refractivity contribution is 0.600. The van der Waals surface area contributed by atoms with Crippen molar-refractivity contribution in [2.24, 2.45) is 0 Å². The van der Waals surface area contributed by atoms with Crippen LogP contribution >= 0.6 is 0 Å². The van der Waals surface area contributed by atoms with Crippen LogP contribution in [-0.2, 0) is 27.1 Å². The summed E-state index contributed by atoms with van der Waals surface area (Å²) < 4.78 is 21.3. The Hall–Kier alpha value is -10.2. The summed E-state index contributed by atoms with van der Waals surface area (Å²) in [4.78, 5) is 2.59. The van der Waals surface area contributed by atoms with Gasteiger partial charge >= 0.3 is 0 Å². The predicted molar refractivity (Wildman–Crippen MR) is 386 cm³/mol. The Bertz CT molecular complexity index is 5750. The van der Waals surface area contributed by atoms with E-state index in [0.29, 0.717) is 0 Å². The lowest BCUT2D eigenvalue weighted by atomic mass is 9.72. The zero-order valence-corrected chi connectivity index (χ0v) is 54.7. The van der Waals surface area contributed by atoms with Crippen molar-refractivity contribution in [3.63, 3.8) is 0 Å². The summed E-state index contributed by atoms with van der Waals surface area (Å²) in [7, 11) is 0. The second kappa shape index (κ2) is 17.3. The highest BCUT2D eigenvalue weighted by molar-refractivity contribution is 6.23. The zero-order chi connectivity index (χ0) is 63.0. The molecule has 448 valence electrons. The summed E-state index contributed by atoms with van der Waals surface area (Å²) in [6.07, 6.45) is 0. The highest BCUT2D eigenvalue weighted by Crippen LogP contribution is 2.67. The van der Waals surface area contributed by atoms with Gasteiger partial charge in [0.15, 0.2) is 0 Å². The first kappa shape index (κ1) is 53.5. The maximum absolute atomic E-state index is 7.14. The predicted octanol–water partition coefficient (Wildman–Crippen LogP) is 24.7. The summed E-state index contributed by atoms with van der Waals surface area (Å²) in [5, 5.41) is 7.07. The molecule has 15 aromatic rings. The first-order valence-electron chi connectivity index (χ1n) is 33.3. The van der Waals surface area contributed by atoms with Gasteiger partial charge in [-0.15, -0.1) is 0 Å². The van der Waals surface area contributed by atoms with Crippen LogP contribution in [0.4, 0.5) is 17.1 Å². The molecule has 4 nitrogen and oxygen atoms in total. The number of anilines is 3. The topological polar surface area (TPSA) is 42.7 Å². The molecule has 3 heterocycles. The minimum Gasteiger partial charge on any atom is -0.455 e. The summed E-state index contributed by atoms with van der Waals surface area (Å²) in [6.45, 7) is 28.9. The van der Waals surface area contributed by atoms with Crippen LogP contribution in [0.2, 0.25) is 0 Å². The van der Waals surface area contributed by atoms with Crippen LogP contribution < -0.4 is 4.90 Å². The van der Waals surface area contributed by atoms with Crippen LogP contribution in [0, 0.1) is 13.8 Å². The van der Waals surface area contributed by atoms with E-state index in [1.807, 2.05) is 0 Å². The Morgan fingerprint density at radius 1 is 0.269 bits per heavy atom. The molecule has 0 fully saturated rings. The van der Waals surface area contributed by atoms with Crippen LogP contribution in [0.3, 0.4) is 0 Å². The van der Waals surface area contributed by atoms with E-state index in [-0.39, 0.29) is 16.2 Å². The number of para-hydroxylation sites is 3. The number of fused-ring (bicyclic) bond motifs is 31. The van der Waals surface area contributed by atoms with Crippen molar-refractivity contribution in [1.29, 1.82) is 0 Å². The van der Waals surface area contributed by atoms with Gasteiger partial charge in [-0.05, 0) is 186 Å². The van der Waals surface area contributed by atoms with Gasteiger partial charge in [-0.3, -0.25) is 0 Å². The van der Waals surface area contributed by atoms with E-state index in [4.69, 9.17) is 13.3 Å². The number of benzene rings is 12. The molecule has 20 rings (SSSR count). The molecule has 0 aliphatic heterocycles. The first-order chi connectivity index (χ1) is 44.8. The average molecular weight is 1200 g/mol. The SMILES string of the molecule is Cc1ccc(-c2cc3c(c4c2oc2ccccc24)-c2ccc(N(c4ccc5c(c4)C(C)(C)c4c6c(c7oc8ccccc8c7c4-5)-c4ccccc4C6(C)C)c4ccc5c(c4)C(C)(C)c4c6c(c7oc8ccccc8c7c4-5)-c4ccccc4C6(C)C)cc2C3(C)C)c(C)c1. The van der Waals surface area contributed by atoms with Crippen LogP contribution in [0.1, 0.15) is 136 Å². The molecule has 0 bridgehead atoms. The van der Waals surface area contributed by atoms with Gasteiger partial charge in [0.1, 0.15) is 33.5 Å². The van der Waals surface area contributed by atoms with Gasteiger partial charge in [0.2, 0.25) is 0 Å². The summed E-state index contributed by atoms with van der Waals surface area (Å²) >= 11 is 0. The Kier molecular flexibility index (Phi) is 9.95. The summed E-state index contributed by atoms with van der Waals surface area (Å²) in [6, 6.07) is 75.6. The summed E-state index contributed by atoms with van der Waals surface area (Å²) in [5.74, 6) is 0. The molecule has 93 heavy (non-hydrogen) atoms. The Morgan fingerprint density at radius 2 is 0.624 bits per heavy atom. The minimum atomic E-state index is -0.402. The molecule has 4 heteroatoms. The standard InChI is InChI=1S/C89H69NO3/c1-46-33-37-51(47(2)41-46)60-45-66-70(73-57-25-15-20-30-67(57)91-82(60)73)54-38-34-48(42-63(54)85(66,3)4)90(49-35-39-55-64(43-49)88(9,10)78-71(55)74-58-26-16-21-31-68(58)92-83(74)76-52-23-13-18-28-61(52)86(5,6)80(76)78)50-36-40-56-65(44-50)89(11,12)79-72(56)75-59-27-17-22-32-69(59)93-84(75)77-53-24-14-19-29-62(53)87(7,8)81(77)79/h13-45H,1-12H3. The van der Waals surface area contributed by atoms with E-state index in [1.165, 1.54) is 144 Å². The van der Waals surface area contributed by atoms with Crippen molar-refractivity contribution < 1.29 is 13.3 Å². The monoisotopic (exact) mass is 1200 g/mol. The third-order valence-corrected chi connectivity index (χ3v) is 23.5. The van der Waals surface area contributed by atoms with E-state index < -0.39 is 10.8 Å². The van der Waals surface area contributed by atoms with Crippen molar-refractivity contribution in [2.75, 3.05) is 4.90 Å². The van der Waals surface area contributed by atoms with Gasteiger partial charge in [-0.1, -0.05) is 214 Å². The second-order valence-electron chi connectivity index (χ2n) is 30.3. The fourth-order valence-electron chi connectivity index (χ4n) is 19.3. The van der Waals surface area contributed by atoms with Gasteiger partial charge in [0, 0.05) is 93.1 Å². The van der Waals surface area contributed by atoms with E-state index >= 15 is 0 Å². The number of aryl methyl sites for hydroxylation is 2. The summed E-state index contributed by atoms with van der Waals surface area (Å²) in [5.41, 5.74) is 38.3. The smallest absolute Gasteiger partial charge is 0.144 e. The molecule has 0 radical (unpaired) electrons. The minimum absolute atomic E-state index is 0.276. The van der Waals surface area contributed by atoms with Crippen molar-refractivity contribution in [3.05, 3.63) is 267 Å². The van der Waals surface area contributed by atoms with Crippen molar-refractivity contribution in [3.8, 4) is 66.8 Å². The van der Waals surface area contributed by atoms with Gasteiger partial charge < -0.3 is 18.2 Å². The fourth-order valence-corrected chi connectivity index (χ4v) is 19.3. The van der Waals surface area contributed by atoms with Gasteiger partial charge in [0.25, 0.3) is 0 Å². The Morgan fingerprint density at radius 3 is 1.09 bits per heavy atom. The fraction of sp³-hybridized carbons (Fsp3) is 0.191. The van der Waals surface area contributed by atoms with Crippen LogP contribution in [0.5, 0.6) is 0 Å². The lowest BCUT2D eigenvalue weighted by Gasteiger charge is -2.33. The average Bonchev–Trinajstić information content (AvgIpc) is 1.52. The highest BCUT2D eigenvalue weighted by Gasteiger charge is 2.51. The number of hydrogen-bond donors (Lipinski definition) is 0. The second-order valence-corrected chi connectivity index (χ2v) is 30.3. The maximum Gasteiger partial charge on any atom is 0.144 e. The van der Waals surface area contributed by atoms with Crippen LogP contribution in [-0.4, -0.2) is 0 Å². The molecule has 0 saturated carbocycles. The molecule has 0 amide bonds. The number of furan rings is 3. The Balaban J connectivity index is 0.839. The first-order valence-corrected chi connectivity index (χ1v) is 33.3. The molecule has 5 aliphatic carbocycles. The van der Waals surface area contributed by atoms with Crippen molar-refractivity contribution >= 4 is 82.9 Å². The maximum atomic E-state index is 7.14. The van der Waals surface area contributed by atoms with Crippen LogP contribution in [0.15, 0.2) is 213 Å². The third kappa shape index (κ3) is 6.43. The molecule has 5 aliphatic rings. The van der Waals surface area contributed by atoms with Crippen LogP contribution in [0.25, 0.3) is 133 Å². The molecule has 0 saturated heterocycles. The van der Waals surface area contributed by atoms with Crippen molar-refractivity contribution in [1.82, 2.24) is 0 Å². The molecule has 3 aromatic heterocycles. The normalized spacial score (nSPS) is 16.4. The van der Waals surface area contributed by atoms with Crippen molar-refractivity contribution in [2.45, 2.75) is 110 Å². The lowest BCUT2D eigenvalue weighted by Crippen LogP contribution is -2.24. The highest BCUT2D eigenvalue weighted by atomic mass is 16.3. The molecule has 0 unspecified atom stereocenters. The van der Waals surface area contributed by atoms with E-state index in [2.05, 4.69) is 288 Å². The number of hydrogen-bond acceptors (Lipinski definition) is 4. The van der Waals surface area contributed by atoms with Gasteiger partial charge in [0.05, 0.1) is 0 Å². The molecular formula is C89H69NO3. The number of nitrogens with zero attached hydrogens (tertiary/aromatic N) is 1. The van der Waals surface area contributed by atoms with Gasteiger partial charge in [-0.25, -0.2) is 0 Å². The quantitative estimate of drug-likeness (QED) is 0.176.